The lowest BCUT2D eigenvalue weighted by molar-refractivity contribution is 0.639. The van der Waals surface area contributed by atoms with Gasteiger partial charge in [0.2, 0.25) is 0 Å². The van der Waals surface area contributed by atoms with Gasteiger partial charge in [-0.1, -0.05) is 113 Å². The Kier molecular flexibility index (Phi) is 7.47. The SMILES string of the molecule is C[C]1[CH][C]2[C](CCCC[C@H]2c2ccccc2)[C]1[Si](C)(C)[C]1[C](C)[CH][C]2[C]1CCCC[C@H]2c1ccccc1. The second-order valence-corrected chi connectivity index (χ2v) is 16.6. The maximum absolute atomic E-state index is 2.67. The van der Waals surface area contributed by atoms with Crippen molar-refractivity contribution in [2.75, 3.05) is 0 Å². The molecule has 0 aliphatic heterocycles. The molecule has 4 fully saturated rings. The normalized spacial score (nSPS) is 28.8. The molecule has 0 bridgehead atoms. The van der Waals surface area contributed by atoms with Gasteiger partial charge in [-0.15, -0.1) is 0 Å². The van der Waals surface area contributed by atoms with Gasteiger partial charge in [0.1, 0.15) is 0 Å². The van der Waals surface area contributed by atoms with Crippen LogP contribution in [-0.2, 0) is 0 Å². The Morgan fingerprint density at radius 1 is 0.568 bits per heavy atom. The lowest BCUT2D eigenvalue weighted by Gasteiger charge is -2.45. The molecule has 4 saturated carbocycles. The Bertz CT molecular complexity index is 930. The number of fused-ring (bicyclic) bond motifs is 2. The van der Waals surface area contributed by atoms with Crippen molar-refractivity contribution < 1.29 is 0 Å². The molecular formula is C36H42Si. The first-order valence-electron chi connectivity index (χ1n) is 14.7. The summed E-state index contributed by atoms with van der Waals surface area (Å²) in [6, 6.07) is 22.6. The maximum atomic E-state index is 2.67. The van der Waals surface area contributed by atoms with Crippen LogP contribution in [0.25, 0.3) is 0 Å². The van der Waals surface area contributed by atoms with E-state index in [2.05, 4.69) is 100 Å². The second kappa shape index (κ2) is 10.7. The van der Waals surface area contributed by atoms with E-state index in [-0.39, 0.29) is 0 Å². The third-order valence-electron chi connectivity index (χ3n) is 9.58. The summed E-state index contributed by atoms with van der Waals surface area (Å²) in [5.74, 6) is 11.0. The molecule has 0 amide bonds. The van der Waals surface area contributed by atoms with E-state index in [9.17, 15) is 0 Å². The summed E-state index contributed by atoms with van der Waals surface area (Å²) in [6.45, 7) is 10.2. The molecule has 2 atom stereocenters. The Morgan fingerprint density at radius 3 is 1.38 bits per heavy atom. The third-order valence-corrected chi connectivity index (χ3v) is 13.5. The highest BCUT2D eigenvalue weighted by atomic mass is 28.3. The quantitative estimate of drug-likeness (QED) is 0.365. The molecule has 0 saturated heterocycles. The lowest BCUT2D eigenvalue weighted by atomic mass is 9.78. The van der Waals surface area contributed by atoms with Crippen LogP contribution in [-0.4, -0.2) is 8.07 Å². The van der Waals surface area contributed by atoms with Crippen molar-refractivity contribution >= 4 is 8.07 Å². The minimum atomic E-state index is -1.90. The van der Waals surface area contributed by atoms with E-state index in [0.29, 0.717) is 11.8 Å². The van der Waals surface area contributed by atoms with Gasteiger partial charge < -0.3 is 0 Å². The van der Waals surface area contributed by atoms with Crippen LogP contribution in [0, 0.1) is 59.4 Å². The van der Waals surface area contributed by atoms with Crippen molar-refractivity contribution in [3.63, 3.8) is 0 Å². The monoisotopic (exact) mass is 502 g/mol. The Labute approximate surface area is 229 Å². The first-order chi connectivity index (χ1) is 18.0. The number of benzene rings is 2. The fraction of sp³-hybridized carbons (Fsp3) is 0.389. The average molecular weight is 503 g/mol. The summed E-state index contributed by atoms with van der Waals surface area (Å²) in [7, 11) is -1.90. The largest absolute Gasteiger partial charge is 0.0684 e. The molecule has 190 valence electrons. The third kappa shape index (κ3) is 4.70. The van der Waals surface area contributed by atoms with Crippen LogP contribution in [0.15, 0.2) is 60.7 Å². The molecule has 4 aliphatic rings. The van der Waals surface area contributed by atoms with Crippen molar-refractivity contribution in [1.82, 2.24) is 0 Å². The molecule has 0 aromatic heterocycles. The smallest absolute Gasteiger partial charge is 0.0633 e. The van der Waals surface area contributed by atoms with Crippen LogP contribution >= 0.6 is 0 Å². The summed E-state index contributed by atoms with van der Waals surface area (Å²) < 4.78 is 0. The number of rotatable bonds is 4. The summed E-state index contributed by atoms with van der Waals surface area (Å²) >= 11 is 0. The molecule has 2 aromatic rings. The number of hydrogen-bond acceptors (Lipinski definition) is 0. The molecule has 0 nitrogen and oxygen atoms in total. The molecule has 6 rings (SSSR count). The standard InChI is InChI=1S/C36H42Si/c1-25-23-33-29(27-15-7-5-8-16-27)19-11-13-21-31(33)35(25)37(3,4)36-26(2)24-34-30(20-12-14-22-32(34)36)28-17-9-6-10-18-28/h5-10,15-18,23-24,29-30H,11-14,19-22H2,1-4H3/t29-,30-/m0/s1. The summed E-state index contributed by atoms with van der Waals surface area (Å²) in [4.78, 5) is 0. The molecule has 0 unspecified atom stereocenters. The summed E-state index contributed by atoms with van der Waals surface area (Å²) in [6.07, 6.45) is 15.6. The van der Waals surface area contributed by atoms with Gasteiger partial charge in [-0.2, -0.15) is 0 Å². The Hall–Kier alpha value is -1.34. The van der Waals surface area contributed by atoms with Crippen molar-refractivity contribution in [3.8, 4) is 0 Å². The van der Waals surface area contributed by atoms with Crippen LogP contribution in [0.5, 0.6) is 0 Å². The molecule has 0 heterocycles. The van der Waals surface area contributed by atoms with E-state index in [1.165, 1.54) is 62.5 Å². The lowest BCUT2D eigenvalue weighted by Crippen LogP contribution is -2.48. The molecular weight excluding hydrogens is 460 g/mol. The van der Waals surface area contributed by atoms with Crippen LogP contribution in [0.3, 0.4) is 0 Å². The zero-order valence-corrected chi connectivity index (χ0v) is 24.2. The van der Waals surface area contributed by atoms with Crippen molar-refractivity contribution in [2.24, 2.45) is 0 Å². The first-order valence-corrected chi connectivity index (χ1v) is 17.7. The van der Waals surface area contributed by atoms with E-state index in [1.54, 1.807) is 46.6 Å². The zero-order chi connectivity index (χ0) is 25.6. The van der Waals surface area contributed by atoms with E-state index in [0.717, 1.165) is 0 Å². The van der Waals surface area contributed by atoms with Gasteiger partial charge in [0, 0.05) is 0 Å². The van der Waals surface area contributed by atoms with E-state index < -0.39 is 8.07 Å². The topological polar surface area (TPSA) is 0 Å². The fourth-order valence-electron chi connectivity index (χ4n) is 8.25. The highest BCUT2D eigenvalue weighted by molar-refractivity contribution is 6.90. The average Bonchev–Trinajstić information content (AvgIpc) is 3.23. The van der Waals surface area contributed by atoms with Crippen LogP contribution in [0.4, 0.5) is 0 Å². The fourth-order valence-corrected chi connectivity index (χ4v) is 12.7. The van der Waals surface area contributed by atoms with Crippen LogP contribution in [0.2, 0.25) is 13.1 Å². The van der Waals surface area contributed by atoms with Gasteiger partial charge in [-0.3, -0.25) is 0 Å². The molecule has 0 spiro atoms. The highest BCUT2D eigenvalue weighted by Gasteiger charge is 2.60. The Morgan fingerprint density at radius 2 is 0.973 bits per heavy atom. The van der Waals surface area contributed by atoms with Crippen LogP contribution < -0.4 is 0 Å². The van der Waals surface area contributed by atoms with Crippen molar-refractivity contribution in [3.05, 3.63) is 131 Å². The van der Waals surface area contributed by atoms with Gasteiger partial charge in [0.15, 0.2) is 0 Å². The molecule has 37 heavy (non-hydrogen) atoms. The molecule has 1 heteroatoms. The molecule has 4 aliphatic carbocycles. The van der Waals surface area contributed by atoms with Gasteiger partial charge in [0.25, 0.3) is 0 Å². The van der Waals surface area contributed by atoms with Crippen molar-refractivity contribution in [2.45, 2.75) is 90.1 Å². The minimum absolute atomic E-state index is 0.552. The Balaban J connectivity index is 1.31. The van der Waals surface area contributed by atoms with E-state index in [4.69, 9.17) is 0 Å². The summed E-state index contributed by atoms with van der Waals surface area (Å²) in [5, 5.41) is 0. The number of hydrogen-bond donors (Lipinski definition) is 0. The highest BCUT2D eigenvalue weighted by Crippen LogP contribution is 2.66. The van der Waals surface area contributed by atoms with Gasteiger partial charge in [-0.25, -0.2) is 0 Å². The predicted molar refractivity (Wildman–Crippen MR) is 159 cm³/mol. The van der Waals surface area contributed by atoms with Gasteiger partial charge in [-0.05, 0) is 108 Å². The van der Waals surface area contributed by atoms with Gasteiger partial charge in [0.05, 0.1) is 8.07 Å². The maximum Gasteiger partial charge on any atom is 0.0633 e. The predicted octanol–water partition coefficient (Wildman–Crippen LogP) is 9.56. The van der Waals surface area contributed by atoms with Gasteiger partial charge >= 0.3 is 0 Å². The second-order valence-electron chi connectivity index (χ2n) is 12.3. The molecule has 10 radical (unpaired) electrons. The van der Waals surface area contributed by atoms with E-state index in [1.807, 2.05) is 0 Å². The van der Waals surface area contributed by atoms with Crippen molar-refractivity contribution in [1.29, 1.82) is 0 Å². The van der Waals surface area contributed by atoms with E-state index >= 15 is 0 Å². The minimum Gasteiger partial charge on any atom is -0.0684 e. The molecule has 2 aromatic carbocycles. The summed E-state index contributed by atoms with van der Waals surface area (Å²) in [5.41, 5.74) is 6.54. The van der Waals surface area contributed by atoms with Crippen LogP contribution in [0.1, 0.15) is 88.2 Å². The molecule has 0 N–H and O–H groups in total. The first kappa shape index (κ1) is 25.9. The zero-order valence-electron chi connectivity index (χ0n) is 23.2.